The molecule has 0 saturated carbocycles. The van der Waals surface area contributed by atoms with E-state index in [4.69, 9.17) is 4.42 Å². The summed E-state index contributed by atoms with van der Waals surface area (Å²) < 4.78 is 45.9. The fourth-order valence-electron chi connectivity index (χ4n) is 3.39. The molecular weight excluding hydrogens is 423 g/mol. The van der Waals surface area contributed by atoms with Crippen molar-refractivity contribution in [3.05, 3.63) is 59.9 Å². The third-order valence-corrected chi connectivity index (χ3v) is 6.95. The third kappa shape index (κ3) is 4.80. The number of hydrogen-bond acceptors (Lipinski definition) is 6. The van der Waals surface area contributed by atoms with Crippen LogP contribution in [0.15, 0.2) is 57.8 Å². The van der Waals surface area contributed by atoms with Crippen molar-refractivity contribution in [3.63, 3.8) is 0 Å². The third-order valence-electron chi connectivity index (χ3n) is 5.04. The Hall–Kier alpha value is -3.11. The van der Waals surface area contributed by atoms with Gasteiger partial charge in [-0.15, -0.1) is 5.10 Å². The Balaban J connectivity index is 1.45. The lowest BCUT2D eigenvalue weighted by atomic mass is 10.2. The van der Waals surface area contributed by atoms with Crippen molar-refractivity contribution in [1.82, 2.24) is 14.5 Å². The van der Waals surface area contributed by atoms with Crippen molar-refractivity contribution in [3.8, 4) is 11.5 Å². The highest BCUT2D eigenvalue weighted by Gasteiger charge is 2.25. The second kappa shape index (κ2) is 8.94. The Labute approximate surface area is 179 Å². The summed E-state index contributed by atoms with van der Waals surface area (Å²) in [6.07, 6.45) is 3.76. The summed E-state index contributed by atoms with van der Waals surface area (Å²) in [4.78, 5) is 12.6. The van der Waals surface area contributed by atoms with Crippen molar-refractivity contribution in [2.24, 2.45) is 0 Å². The Kier molecular flexibility index (Phi) is 6.10. The molecule has 1 aliphatic heterocycles. The molecule has 0 unspecified atom stereocenters. The second-order valence-corrected chi connectivity index (χ2v) is 9.16. The molecule has 0 atom stereocenters. The molecule has 10 heteroatoms. The average molecular weight is 444 g/mol. The van der Waals surface area contributed by atoms with E-state index in [0.29, 0.717) is 18.7 Å². The summed E-state index contributed by atoms with van der Waals surface area (Å²) in [5.74, 6) is -0.918. The van der Waals surface area contributed by atoms with E-state index in [1.165, 1.54) is 46.8 Å². The van der Waals surface area contributed by atoms with Crippen molar-refractivity contribution < 1.29 is 22.0 Å². The smallest absolute Gasteiger partial charge is 0.322 e. The maximum absolute atomic E-state index is 13.3. The number of amides is 1. The number of sulfonamides is 1. The summed E-state index contributed by atoms with van der Waals surface area (Å²) in [5.41, 5.74) is 0.622. The highest BCUT2D eigenvalue weighted by molar-refractivity contribution is 7.89. The number of nitrogens with zero attached hydrogens (tertiary/aromatic N) is 3. The van der Waals surface area contributed by atoms with E-state index in [9.17, 15) is 17.6 Å². The normalized spacial score (nSPS) is 15.4. The summed E-state index contributed by atoms with van der Waals surface area (Å²) in [6, 6.07) is 11.2. The standard InChI is InChI=1S/C21H21FN4O4S/c22-17-7-5-6-16(14-17)20-24-25-21(30-20)23-19(27)15-8-10-18(11-9-15)31(28,29)26-12-3-1-2-4-13-26/h5-11,14H,1-4,12-13H2,(H,23,25,27). The van der Waals surface area contributed by atoms with Crippen LogP contribution in [0.5, 0.6) is 0 Å². The zero-order valence-electron chi connectivity index (χ0n) is 16.6. The first-order valence-corrected chi connectivity index (χ1v) is 11.4. The van der Waals surface area contributed by atoms with Crippen molar-refractivity contribution in [1.29, 1.82) is 0 Å². The van der Waals surface area contributed by atoms with Crippen LogP contribution < -0.4 is 5.32 Å². The Morgan fingerprint density at radius 2 is 1.71 bits per heavy atom. The molecule has 1 aromatic heterocycles. The molecule has 1 N–H and O–H groups in total. The van der Waals surface area contributed by atoms with Gasteiger partial charge in [0.2, 0.25) is 15.9 Å². The van der Waals surface area contributed by atoms with Gasteiger partial charge in [-0.05, 0) is 55.3 Å². The van der Waals surface area contributed by atoms with Crippen molar-refractivity contribution in [2.75, 3.05) is 18.4 Å². The monoisotopic (exact) mass is 444 g/mol. The fourth-order valence-corrected chi connectivity index (χ4v) is 4.91. The van der Waals surface area contributed by atoms with E-state index in [2.05, 4.69) is 15.5 Å². The molecule has 0 radical (unpaired) electrons. The van der Waals surface area contributed by atoms with E-state index in [0.717, 1.165) is 25.7 Å². The van der Waals surface area contributed by atoms with Gasteiger partial charge in [-0.1, -0.05) is 24.0 Å². The molecule has 0 spiro atoms. The minimum atomic E-state index is -3.59. The molecule has 1 aliphatic rings. The number of anilines is 1. The van der Waals surface area contributed by atoms with E-state index in [-0.39, 0.29) is 22.4 Å². The van der Waals surface area contributed by atoms with Crippen LogP contribution in [0.4, 0.5) is 10.4 Å². The predicted octanol–water partition coefficient (Wildman–Crippen LogP) is 3.69. The maximum Gasteiger partial charge on any atom is 0.322 e. The lowest BCUT2D eigenvalue weighted by Gasteiger charge is -2.19. The van der Waals surface area contributed by atoms with Gasteiger partial charge in [0, 0.05) is 24.2 Å². The van der Waals surface area contributed by atoms with E-state index in [1.807, 2.05) is 0 Å². The highest BCUT2D eigenvalue weighted by atomic mass is 32.2. The highest BCUT2D eigenvalue weighted by Crippen LogP contribution is 2.22. The average Bonchev–Trinajstić information content (AvgIpc) is 3.05. The zero-order valence-corrected chi connectivity index (χ0v) is 17.4. The van der Waals surface area contributed by atoms with Gasteiger partial charge in [0.25, 0.3) is 5.91 Å². The summed E-state index contributed by atoms with van der Waals surface area (Å²) in [5, 5.41) is 10.00. The topological polar surface area (TPSA) is 105 Å². The summed E-state index contributed by atoms with van der Waals surface area (Å²) in [7, 11) is -3.59. The molecule has 4 rings (SSSR count). The van der Waals surface area contributed by atoms with Gasteiger partial charge >= 0.3 is 6.01 Å². The minimum absolute atomic E-state index is 0.0636. The van der Waals surface area contributed by atoms with Crippen LogP contribution in [0.1, 0.15) is 36.0 Å². The van der Waals surface area contributed by atoms with Gasteiger partial charge in [-0.25, -0.2) is 12.8 Å². The zero-order chi connectivity index (χ0) is 21.8. The molecule has 3 aromatic rings. The molecule has 31 heavy (non-hydrogen) atoms. The molecule has 0 aliphatic carbocycles. The molecule has 8 nitrogen and oxygen atoms in total. The van der Waals surface area contributed by atoms with Crippen molar-refractivity contribution in [2.45, 2.75) is 30.6 Å². The quantitative estimate of drug-likeness (QED) is 0.643. The number of aromatic nitrogens is 2. The molecular formula is C21H21FN4O4S. The van der Waals surface area contributed by atoms with Crippen LogP contribution in [-0.4, -0.2) is 41.9 Å². The molecule has 1 fully saturated rings. The van der Waals surface area contributed by atoms with Crippen LogP contribution in [0.2, 0.25) is 0 Å². The number of carbonyl (C=O) groups is 1. The van der Waals surface area contributed by atoms with Gasteiger partial charge in [0.1, 0.15) is 5.82 Å². The molecule has 1 amide bonds. The number of hydrogen-bond donors (Lipinski definition) is 1. The first-order valence-electron chi connectivity index (χ1n) is 9.94. The predicted molar refractivity (Wildman–Crippen MR) is 111 cm³/mol. The van der Waals surface area contributed by atoms with Gasteiger partial charge in [-0.3, -0.25) is 10.1 Å². The number of rotatable bonds is 5. The van der Waals surface area contributed by atoms with Crippen LogP contribution in [0.3, 0.4) is 0 Å². The number of carbonyl (C=O) groups excluding carboxylic acids is 1. The van der Waals surface area contributed by atoms with Gasteiger partial charge in [0.05, 0.1) is 4.90 Å². The van der Waals surface area contributed by atoms with E-state index >= 15 is 0 Å². The molecule has 0 bridgehead atoms. The molecule has 2 heterocycles. The Bertz CT molecular complexity index is 1170. The molecule has 162 valence electrons. The number of benzene rings is 2. The summed E-state index contributed by atoms with van der Waals surface area (Å²) in [6.45, 7) is 1.02. The maximum atomic E-state index is 13.3. The SMILES string of the molecule is O=C(Nc1nnc(-c2cccc(F)c2)o1)c1ccc(S(=O)(=O)N2CCCCCC2)cc1. The second-order valence-electron chi connectivity index (χ2n) is 7.22. The summed E-state index contributed by atoms with van der Waals surface area (Å²) >= 11 is 0. The van der Waals surface area contributed by atoms with Crippen molar-refractivity contribution >= 4 is 21.9 Å². The minimum Gasteiger partial charge on any atom is -0.403 e. The largest absolute Gasteiger partial charge is 0.403 e. The lowest BCUT2D eigenvalue weighted by Crippen LogP contribution is -2.31. The lowest BCUT2D eigenvalue weighted by molar-refractivity contribution is 0.102. The Morgan fingerprint density at radius 1 is 1.00 bits per heavy atom. The number of nitrogens with one attached hydrogen (secondary N) is 1. The van der Waals surface area contributed by atoms with E-state index in [1.54, 1.807) is 6.07 Å². The van der Waals surface area contributed by atoms with E-state index < -0.39 is 21.7 Å². The number of halogens is 1. The van der Waals surface area contributed by atoms with Crippen LogP contribution in [0.25, 0.3) is 11.5 Å². The van der Waals surface area contributed by atoms with Gasteiger partial charge in [-0.2, -0.15) is 4.31 Å². The fraction of sp³-hybridized carbons (Fsp3) is 0.286. The Morgan fingerprint density at radius 3 is 2.39 bits per heavy atom. The van der Waals surface area contributed by atoms with Crippen LogP contribution in [-0.2, 0) is 10.0 Å². The van der Waals surface area contributed by atoms with Crippen LogP contribution in [0, 0.1) is 5.82 Å². The van der Waals surface area contributed by atoms with Crippen LogP contribution >= 0.6 is 0 Å². The molecule has 2 aromatic carbocycles. The molecule has 1 saturated heterocycles. The first kappa shape index (κ1) is 21.1. The first-order chi connectivity index (χ1) is 14.9. The van der Waals surface area contributed by atoms with Gasteiger partial charge < -0.3 is 4.42 Å². The van der Waals surface area contributed by atoms with Gasteiger partial charge in [0.15, 0.2) is 0 Å².